The van der Waals surface area contributed by atoms with E-state index in [0.29, 0.717) is 5.92 Å². The number of fused-ring (bicyclic) bond motifs is 1. The number of rotatable bonds is 0. The minimum atomic E-state index is 0.271. The standard InChI is InChI=1S/C11H14ClN/c1-7-10(13)6-5-8-3-2-4-9(12)11(7)8/h2-4,7,10H,5-6,13H2,1H3. The van der Waals surface area contributed by atoms with E-state index in [2.05, 4.69) is 13.0 Å². The quantitative estimate of drug-likeness (QED) is 0.677. The molecule has 1 nitrogen and oxygen atoms in total. The zero-order chi connectivity index (χ0) is 9.42. The third-order valence-corrected chi connectivity index (χ3v) is 3.32. The van der Waals surface area contributed by atoms with Crippen LogP contribution in [0.3, 0.4) is 0 Å². The van der Waals surface area contributed by atoms with Crippen molar-refractivity contribution in [1.29, 1.82) is 0 Å². The van der Waals surface area contributed by atoms with Gasteiger partial charge in [-0.15, -0.1) is 0 Å². The van der Waals surface area contributed by atoms with Gasteiger partial charge in [0.1, 0.15) is 0 Å². The van der Waals surface area contributed by atoms with Crippen molar-refractivity contribution in [2.45, 2.75) is 31.7 Å². The van der Waals surface area contributed by atoms with Crippen LogP contribution in [-0.4, -0.2) is 6.04 Å². The molecule has 70 valence electrons. The van der Waals surface area contributed by atoms with Gasteiger partial charge in [-0.05, 0) is 36.0 Å². The van der Waals surface area contributed by atoms with Gasteiger partial charge in [-0.1, -0.05) is 30.7 Å². The average Bonchev–Trinajstić information content (AvgIpc) is 2.12. The lowest BCUT2D eigenvalue weighted by Crippen LogP contribution is -2.31. The predicted molar refractivity (Wildman–Crippen MR) is 56.2 cm³/mol. The molecule has 2 rings (SSSR count). The normalized spacial score (nSPS) is 27.0. The molecular weight excluding hydrogens is 182 g/mol. The molecule has 1 aromatic carbocycles. The number of nitrogens with two attached hydrogens (primary N) is 1. The van der Waals surface area contributed by atoms with E-state index in [-0.39, 0.29) is 6.04 Å². The van der Waals surface area contributed by atoms with Gasteiger partial charge in [-0.25, -0.2) is 0 Å². The van der Waals surface area contributed by atoms with E-state index < -0.39 is 0 Å². The lowest BCUT2D eigenvalue weighted by Gasteiger charge is -2.29. The highest BCUT2D eigenvalue weighted by atomic mass is 35.5. The molecule has 0 heterocycles. The van der Waals surface area contributed by atoms with Gasteiger partial charge in [0.05, 0.1) is 0 Å². The highest BCUT2D eigenvalue weighted by Crippen LogP contribution is 2.35. The molecule has 0 amide bonds. The lowest BCUT2D eigenvalue weighted by molar-refractivity contribution is 0.497. The van der Waals surface area contributed by atoms with Crippen LogP contribution in [0, 0.1) is 0 Å². The van der Waals surface area contributed by atoms with Crippen molar-refractivity contribution in [3.63, 3.8) is 0 Å². The minimum absolute atomic E-state index is 0.271. The fourth-order valence-electron chi connectivity index (χ4n) is 2.10. The van der Waals surface area contributed by atoms with Crippen molar-refractivity contribution in [2.75, 3.05) is 0 Å². The first-order chi connectivity index (χ1) is 6.20. The third-order valence-electron chi connectivity index (χ3n) is 2.99. The summed E-state index contributed by atoms with van der Waals surface area (Å²) in [5.74, 6) is 0.400. The van der Waals surface area contributed by atoms with Crippen LogP contribution in [0.15, 0.2) is 18.2 Å². The van der Waals surface area contributed by atoms with E-state index in [9.17, 15) is 0 Å². The lowest BCUT2D eigenvalue weighted by atomic mass is 9.81. The highest BCUT2D eigenvalue weighted by molar-refractivity contribution is 6.31. The molecule has 1 aliphatic rings. The predicted octanol–water partition coefficient (Wildman–Crippen LogP) is 2.72. The Kier molecular flexibility index (Phi) is 2.31. The van der Waals surface area contributed by atoms with Crippen molar-refractivity contribution in [3.05, 3.63) is 34.3 Å². The Morgan fingerprint density at radius 2 is 2.23 bits per heavy atom. The number of hydrogen-bond donors (Lipinski definition) is 1. The van der Waals surface area contributed by atoms with Crippen LogP contribution in [0.4, 0.5) is 0 Å². The number of aryl methyl sites for hydroxylation is 1. The summed E-state index contributed by atoms with van der Waals surface area (Å²) in [6.45, 7) is 2.16. The van der Waals surface area contributed by atoms with Gasteiger partial charge in [-0.3, -0.25) is 0 Å². The van der Waals surface area contributed by atoms with Gasteiger partial charge in [0.25, 0.3) is 0 Å². The van der Waals surface area contributed by atoms with Crippen molar-refractivity contribution in [1.82, 2.24) is 0 Å². The van der Waals surface area contributed by atoms with Gasteiger partial charge >= 0.3 is 0 Å². The summed E-state index contributed by atoms with van der Waals surface area (Å²) >= 11 is 6.15. The van der Waals surface area contributed by atoms with Crippen molar-refractivity contribution < 1.29 is 0 Å². The second kappa shape index (κ2) is 3.32. The van der Waals surface area contributed by atoms with Crippen LogP contribution >= 0.6 is 11.6 Å². The summed E-state index contributed by atoms with van der Waals surface area (Å²) in [6, 6.07) is 6.40. The second-order valence-corrected chi connectivity index (χ2v) is 4.21. The highest BCUT2D eigenvalue weighted by Gasteiger charge is 2.24. The first-order valence-electron chi connectivity index (χ1n) is 4.73. The van der Waals surface area contributed by atoms with Crippen LogP contribution in [0.5, 0.6) is 0 Å². The van der Waals surface area contributed by atoms with Gasteiger partial charge < -0.3 is 5.73 Å². The van der Waals surface area contributed by atoms with Crippen LogP contribution in [0.25, 0.3) is 0 Å². The molecule has 0 fully saturated rings. The molecule has 0 aliphatic heterocycles. The summed E-state index contributed by atoms with van der Waals surface area (Å²) in [5, 5.41) is 0.875. The van der Waals surface area contributed by atoms with Crippen molar-refractivity contribution >= 4 is 11.6 Å². The van der Waals surface area contributed by atoms with Gasteiger partial charge in [0.15, 0.2) is 0 Å². The first kappa shape index (κ1) is 9.04. The van der Waals surface area contributed by atoms with E-state index in [1.807, 2.05) is 12.1 Å². The van der Waals surface area contributed by atoms with Gasteiger partial charge in [0.2, 0.25) is 0 Å². The fourth-order valence-corrected chi connectivity index (χ4v) is 2.46. The zero-order valence-corrected chi connectivity index (χ0v) is 8.51. The SMILES string of the molecule is CC1c2c(Cl)cccc2CCC1N. The molecule has 0 bridgehead atoms. The van der Waals surface area contributed by atoms with Crippen LogP contribution in [-0.2, 0) is 6.42 Å². The van der Waals surface area contributed by atoms with Gasteiger partial charge in [0, 0.05) is 11.1 Å². The molecule has 0 saturated heterocycles. The fraction of sp³-hybridized carbons (Fsp3) is 0.455. The number of benzene rings is 1. The zero-order valence-electron chi connectivity index (χ0n) is 7.76. The molecule has 0 radical (unpaired) electrons. The summed E-state index contributed by atoms with van der Waals surface area (Å²) in [7, 11) is 0. The number of halogens is 1. The van der Waals surface area contributed by atoms with E-state index in [1.54, 1.807) is 0 Å². The molecule has 2 unspecified atom stereocenters. The Balaban J connectivity index is 2.51. The van der Waals surface area contributed by atoms with Crippen LogP contribution in [0.1, 0.15) is 30.4 Å². The summed E-state index contributed by atoms with van der Waals surface area (Å²) in [4.78, 5) is 0. The maximum atomic E-state index is 6.15. The molecule has 1 aliphatic carbocycles. The molecule has 2 N–H and O–H groups in total. The monoisotopic (exact) mass is 195 g/mol. The maximum absolute atomic E-state index is 6.15. The Morgan fingerprint density at radius 1 is 1.46 bits per heavy atom. The topological polar surface area (TPSA) is 26.0 Å². The summed E-state index contributed by atoms with van der Waals surface area (Å²) in [5.41, 5.74) is 8.65. The van der Waals surface area contributed by atoms with E-state index >= 15 is 0 Å². The van der Waals surface area contributed by atoms with E-state index in [0.717, 1.165) is 17.9 Å². The Hall–Kier alpha value is -0.530. The summed E-state index contributed by atoms with van der Waals surface area (Å²) < 4.78 is 0. The molecule has 0 spiro atoms. The Labute approximate surface area is 83.9 Å². The largest absolute Gasteiger partial charge is 0.327 e. The third kappa shape index (κ3) is 1.47. The molecule has 2 atom stereocenters. The van der Waals surface area contributed by atoms with Crippen LogP contribution in [0.2, 0.25) is 5.02 Å². The van der Waals surface area contributed by atoms with E-state index in [1.165, 1.54) is 11.1 Å². The molecular formula is C11H14ClN. The number of hydrogen-bond acceptors (Lipinski definition) is 1. The minimum Gasteiger partial charge on any atom is -0.327 e. The van der Waals surface area contributed by atoms with Gasteiger partial charge in [-0.2, -0.15) is 0 Å². The van der Waals surface area contributed by atoms with Crippen molar-refractivity contribution in [3.8, 4) is 0 Å². The van der Waals surface area contributed by atoms with Crippen LogP contribution < -0.4 is 5.73 Å². The molecule has 0 saturated carbocycles. The Bertz CT molecular complexity index is 322. The molecule has 13 heavy (non-hydrogen) atoms. The molecule has 2 heteroatoms. The maximum Gasteiger partial charge on any atom is 0.0444 e. The average molecular weight is 196 g/mol. The molecule has 1 aromatic rings. The summed E-state index contributed by atoms with van der Waals surface area (Å²) in [6.07, 6.45) is 2.15. The Morgan fingerprint density at radius 3 is 3.00 bits per heavy atom. The first-order valence-corrected chi connectivity index (χ1v) is 5.11. The second-order valence-electron chi connectivity index (χ2n) is 3.80. The smallest absolute Gasteiger partial charge is 0.0444 e. The van der Waals surface area contributed by atoms with Crippen molar-refractivity contribution in [2.24, 2.45) is 5.73 Å². The molecule has 0 aromatic heterocycles. The van der Waals surface area contributed by atoms with E-state index in [4.69, 9.17) is 17.3 Å².